The maximum atomic E-state index is 15.1. The molecule has 29 N–H and O–H groups in total. The highest BCUT2D eigenvalue weighted by atomic mass is 16.3. The van der Waals surface area contributed by atoms with Crippen molar-refractivity contribution in [3.8, 4) is 0 Å². The summed E-state index contributed by atoms with van der Waals surface area (Å²) in [5.74, 6) is -15.1. The van der Waals surface area contributed by atoms with Crippen molar-refractivity contribution in [1.29, 1.82) is 0 Å². The van der Waals surface area contributed by atoms with Crippen molar-refractivity contribution < 1.29 is 77.0 Å². The molecule has 4 aromatic rings. The van der Waals surface area contributed by atoms with E-state index < -0.39 is 228 Å². The number of hydrogen-bond donors (Lipinski definition) is 22. The highest BCUT2D eigenvalue weighted by molar-refractivity contribution is 6.02. The van der Waals surface area contributed by atoms with Gasteiger partial charge >= 0.3 is 0 Å². The van der Waals surface area contributed by atoms with Crippen LogP contribution < -0.4 is 104 Å². The van der Waals surface area contributed by atoms with Crippen LogP contribution >= 0.6 is 0 Å². The number of rotatable bonds is 19. The highest BCUT2D eigenvalue weighted by Crippen LogP contribution is 2.28. The van der Waals surface area contributed by atoms with Crippen LogP contribution in [-0.4, -0.2) is 254 Å². The van der Waals surface area contributed by atoms with E-state index in [1.54, 1.807) is 74.8 Å². The number of aromatic amines is 2. The van der Waals surface area contributed by atoms with E-state index >= 15 is 4.79 Å². The predicted octanol–water partition coefficient (Wildman–Crippen LogP) is -6.18. The van der Waals surface area contributed by atoms with Crippen LogP contribution in [0.1, 0.15) is 138 Å². The molecule has 5 unspecified atom stereocenters. The third-order valence-electron chi connectivity index (χ3n) is 21.1. The number of aromatic nitrogens is 2. The van der Waals surface area contributed by atoms with E-state index in [1.807, 2.05) is 0 Å². The molecule has 5 heterocycles. The molecule has 39 nitrogen and oxygen atoms in total. The van der Waals surface area contributed by atoms with E-state index in [0.29, 0.717) is 45.8 Å². The van der Waals surface area contributed by atoms with Gasteiger partial charge in [-0.1, -0.05) is 56.7 Å². The van der Waals surface area contributed by atoms with E-state index in [4.69, 9.17) is 40.1 Å². The Hall–Kier alpha value is -10.7. The summed E-state index contributed by atoms with van der Waals surface area (Å²) in [6.45, 7) is 12.9. The molecule has 0 saturated carbocycles. The molecule has 0 aliphatic carbocycles. The van der Waals surface area contributed by atoms with Crippen molar-refractivity contribution in [2.45, 2.75) is 260 Å². The number of aliphatic hydroxyl groups excluding tert-OH is 1. The lowest BCUT2D eigenvalue weighted by Gasteiger charge is -2.34. The number of H-pyrrole nitrogens is 2. The Labute approximate surface area is 666 Å². The van der Waals surface area contributed by atoms with Gasteiger partial charge in [-0.15, -0.1) is 0 Å². The van der Waals surface area contributed by atoms with Crippen LogP contribution in [0.25, 0.3) is 21.8 Å². The molecule has 0 bridgehead atoms. The van der Waals surface area contributed by atoms with E-state index in [-0.39, 0.29) is 71.0 Å². The van der Waals surface area contributed by atoms with E-state index in [2.05, 4.69) is 73.8 Å². The smallest absolute Gasteiger partial charge is 0.247 e. The number of carbonyl (C=O) groups excluding carboxylic acids is 15. The molecule has 632 valence electrons. The van der Waals surface area contributed by atoms with Crippen molar-refractivity contribution in [2.75, 3.05) is 19.6 Å². The molecule has 115 heavy (non-hydrogen) atoms. The Bertz CT molecular complexity index is 4140. The number of primary amides is 1. The zero-order valence-corrected chi connectivity index (χ0v) is 66.5. The third-order valence-corrected chi connectivity index (χ3v) is 21.1. The van der Waals surface area contributed by atoms with Gasteiger partial charge in [0, 0.05) is 96.8 Å². The second-order valence-corrected chi connectivity index (χ2v) is 30.6. The monoisotopic (exact) mass is 1610 g/mol. The van der Waals surface area contributed by atoms with Gasteiger partial charge in [0.05, 0.1) is 6.10 Å². The molecule has 21 atom stereocenters. The molecule has 39 heteroatoms. The topological polar surface area (TPSA) is 641 Å². The van der Waals surface area contributed by atoms with Crippen molar-refractivity contribution in [3.63, 3.8) is 0 Å². The first kappa shape index (κ1) is 91.5. The summed E-state index contributed by atoms with van der Waals surface area (Å²) in [4.78, 5) is 227. The summed E-state index contributed by atoms with van der Waals surface area (Å²) < 4.78 is 0. The molecular formula is C76H117N23O16. The first-order valence-corrected chi connectivity index (χ1v) is 39.2. The lowest BCUT2D eigenvalue weighted by Crippen LogP contribution is -2.66. The first-order valence-electron chi connectivity index (χ1n) is 39.2. The molecule has 2 aromatic carbocycles. The van der Waals surface area contributed by atoms with E-state index in [1.165, 1.54) is 58.3 Å². The van der Waals surface area contributed by atoms with Crippen LogP contribution in [0.2, 0.25) is 0 Å². The SMILES string of the molecule is CC[C@H](C)[C@@H]1NC(=O)[C@H](Cc2c[nH]c3ccccc23)NC(=O)[C@H]([C@@H](C)O)NC(=O)[C@@H]2CCCN2C(=O)[C@H]2CCCN2C(=O)[C@H](C(C)N)NC(=O)[C@H](C)NC(=O)[C@H](C(C)N)NC(=O)[C@H](C(C)N)NC(=O)[C@H](Cc2c[nH]c3ccccc23)NC(=O)[C@H](C(C)N)NC(=O)[C@H](C(C)N)NC(=O)[C@H](CCCCN)NC(=O)[C@H](CCC(N)=O)NC1=O. The van der Waals surface area contributed by atoms with Crippen molar-refractivity contribution >= 4 is 110 Å². The van der Waals surface area contributed by atoms with Crippen molar-refractivity contribution in [1.82, 2.24) is 83.6 Å². The largest absolute Gasteiger partial charge is 0.391 e. The molecule has 3 fully saturated rings. The van der Waals surface area contributed by atoms with Crippen LogP contribution in [0, 0.1) is 5.92 Å². The number of fused-ring (bicyclic) bond motifs is 4. The number of hydrogen-bond acceptors (Lipinski definition) is 22. The Morgan fingerprint density at radius 3 is 1.26 bits per heavy atom. The van der Waals surface area contributed by atoms with Crippen LogP contribution in [-0.2, 0) is 84.8 Å². The Morgan fingerprint density at radius 1 is 0.435 bits per heavy atom. The zero-order chi connectivity index (χ0) is 85.0. The maximum Gasteiger partial charge on any atom is 0.247 e. The van der Waals surface area contributed by atoms with Crippen molar-refractivity contribution in [3.05, 3.63) is 72.1 Å². The number of benzene rings is 2. The number of para-hydroxylation sites is 2. The van der Waals surface area contributed by atoms with Gasteiger partial charge in [0.1, 0.15) is 84.6 Å². The molecule has 3 aliphatic heterocycles. The van der Waals surface area contributed by atoms with Gasteiger partial charge in [0.2, 0.25) is 88.6 Å². The Kier molecular flexibility index (Phi) is 33.5. The second-order valence-electron chi connectivity index (χ2n) is 30.6. The number of nitrogens with two attached hydrogens (primary N) is 7. The van der Waals surface area contributed by atoms with E-state index in [0.717, 1.165) is 0 Å². The summed E-state index contributed by atoms with van der Waals surface area (Å²) in [5.41, 5.74) is 45.7. The number of amides is 15. The fraction of sp³-hybridized carbons (Fsp3) is 0.592. The van der Waals surface area contributed by atoms with Crippen LogP contribution in [0.5, 0.6) is 0 Å². The van der Waals surface area contributed by atoms with Crippen molar-refractivity contribution in [2.24, 2.45) is 46.1 Å². The molecule has 3 saturated heterocycles. The van der Waals surface area contributed by atoms with Crippen LogP contribution in [0.15, 0.2) is 60.9 Å². The number of unbranched alkanes of at least 4 members (excludes halogenated alkanes) is 1. The Morgan fingerprint density at radius 2 is 0.800 bits per heavy atom. The fourth-order valence-corrected chi connectivity index (χ4v) is 14.2. The third kappa shape index (κ3) is 24.2. The average Bonchev–Trinajstić information content (AvgIpc) is 1.68. The van der Waals surface area contributed by atoms with Gasteiger partial charge in [-0.2, -0.15) is 0 Å². The minimum absolute atomic E-state index is 0.0132. The zero-order valence-electron chi connectivity index (χ0n) is 66.5. The molecule has 2 aromatic heterocycles. The quantitative estimate of drug-likeness (QED) is 0.0389. The lowest BCUT2D eigenvalue weighted by atomic mass is 9.96. The van der Waals surface area contributed by atoms with Crippen LogP contribution in [0.3, 0.4) is 0 Å². The normalized spacial score (nSPS) is 27.9. The lowest BCUT2D eigenvalue weighted by molar-refractivity contribution is -0.148. The van der Waals surface area contributed by atoms with E-state index in [9.17, 15) is 72.2 Å². The number of aliphatic hydroxyl groups is 1. The molecule has 3 aliphatic rings. The summed E-state index contributed by atoms with van der Waals surface area (Å²) in [5, 5.41) is 43.7. The first-order chi connectivity index (χ1) is 54.4. The summed E-state index contributed by atoms with van der Waals surface area (Å²) in [6, 6.07) is -13.8. The number of nitrogens with one attached hydrogen (secondary N) is 14. The minimum Gasteiger partial charge on any atom is -0.391 e. The summed E-state index contributed by atoms with van der Waals surface area (Å²) >= 11 is 0. The molecule has 15 amide bonds. The number of nitrogens with zero attached hydrogens (tertiary/aromatic N) is 2. The predicted molar refractivity (Wildman–Crippen MR) is 423 cm³/mol. The van der Waals surface area contributed by atoms with Gasteiger partial charge in [-0.25, -0.2) is 0 Å². The number of carbonyl (C=O) groups is 15. The molecule has 7 rings (SSSR count). The van der Waals surface area contributed by atoms with Gasteiger partial charge in [0.25, 0.3) is 0 Å². The van der Waals surface area contributed by atoms with Crippen LogP contribution in [0.4, 0.5) is 0 Å². The molecule has 0 spiro atoms. The summed E-state index contributed by atoms with van der Waals surface area (Å²) in [7, 11) is 0. The second kappa shape index (κ2) is 42.1. The molecular weight excluding hydrogens is 1490 g/mol. The van der Waals surface area contributed by atoms with Gasteiger partial charge in [-0.05, 0) is 136 Å². The minimum atomic E-state index is -1.79. The maximum absolute atomic E-state index is 15.1. The highest BCUT2D eigenvalue weighted by Gasteiger charge is 2.47. The van der Waals surface area contributed by atoms with Gasteiger partial charge < -0.3 is 129 Å². The van der Waals surface area contributed by atoms with Gasteiger partial charge in [0.15, 0.2) is 0 Å². The summed E-state index contributed by atoms with van der Waals surface area (Å²) in [6.07, 6.45) is 1.45. The Balaban J connectivity index is 1.27. The average molecular weight is 1610 g/mol. The fourth-order valence-electron chi connectivity index (χ4n) is 14.2. The molecule has 0 radical (unpaired) electrons. The van der Waals surface area contributed by atoms with Gasteiger partial charge in [-0.3, -0.25) is 71.9 Å². The standard InChI is InChI=1S/C76H117N23O16/c1-10-35(2)56-69(108)88-50(26-27-55(83)101)64(103)87-49(23-15-16-28-77)65(104)92-59(38(5)80)72(111)95-58(37(4)79)71(110)89-52(32-44-34-85-48-22-14-12-20-46(44)48)67(106)93-60(39(6)81)73(112)94-57(36(3)78)70(109)86-41(8)63(102)96-61(40(7)82)76(115)99-30-18-25-54(99)75(114)98-29-17-24-53(98)68(107)97-62(42(9)100)74(113)90-51(66(105)91-56)31-43-33-84-47-21-13-11-19-45(43)47/h11-14,19-22,33-42,49-54,56-62,84-85,100H,10,15-18,23-32,77-82H2,1-9H3,(H2,83,101)(H,86,109)(H,87,103)(H,88,108)(H,89,110)(H,90,113)(H,91,105)(H,92,104)(H,93,106)(H,94,112)(H,95,111)(H,96,102)(H,97,107)/t35-,36?,37?,38?,39?,40?,41-,42+,49-,50-,51-,52-,53-,54+,56-,57-,58-,59-,60-,61-,62-/m0/s1.